The Morgan fingerprint density at radius 2 is 2.33 bits per heavy atom. The standard InChI is InChI=1S/C9H15ClN2O3/c1-12(6-7-3-2-4-15-7)9(14)11-8(13)5-10/h7H,2-6H2,1H3,(H,11,13,14). The van der Waals surface area contributed by atoms with Crippen molar-refractivity contribution in [3.63, 3.8) is 0 Å². The Bertz CT molecular complexity index is 242. The number of alkyl halides is 1. The Labute approximate surface area is 93.7 Å². The van der Waals surface area contributed by atoms with Gasteiger partial charge in [0.15, 0.2) is 0 Å². The van der Waals surface area contributed by atoms with E-state index in [0.717, 1.165) is 19.4 Å². The summed E-state index contributed by atoms with van der Waals surface area (Å²) in [6, 6.07) is -0.434. The molecule has 1 unspecified atom stereocenters. The van der Waals surface area contributed by atoms with Crippen molar-refractivity contribution in [2.45, 2.75) is 18.9 Å². The first-order valence-corrected chi connectivity index (χ1v) is 5.39. The summed E-state index contributed by atoms with van der Waals surface area (Å²) in [6.07, 6.45) is 2.08. The van der Waals surface area contributed by atoms with Gasteiger partial charge in [0.25, 0.3) is 0 Å². The van der Waals surface area contributed by atoms with Crippen molar-refractivity contribution >= 4 is 23.5 Å². The van der Waals surface area contributed by atoms with Crippen molar-refractivity contribution in [1.29, 1.82) is 0 Å². The van der Waals surface area contributed by atoms with Gasteiger partial charge in [-0.1, -0.05) is 0 Å². The second kappa shape index (κ2) is 5.92. The number of carbonyl (C=O) groups is 2. The maximum absolute atomic E-state index is 11.4. The minimum absolute atomic E-state index is 0.0897. The van der Waals surface area contributed by atoms with Gasteiger partial charge >= 0.3 is 6.03 Å². The van der Waals surface area contributed by atoms with Gasteiger partial charge in [-0.3, -0.25) is 10.1 Å². The molecule has 0 spiro atoms. The van der Waals surface area contributed by atoms with Crippen molar-refractivity contribution in [2.75, 3.05) is 26.1 Å². The molecule has 0 aromatic heterocycles. The molecule has 6 heteroatoms. The summed E-state index contributed by atoms with van der Waals surface area (Å²) >= 11 is 5.26. The van der Waals surface area contributed by atoms with Crippen LogP contribution in [0.2, 0.25) is 0 Å². The van der Waals surface area contributed by atoms with Crippen LogP contribution in [-0.2, 0) is 9.53 Å². The zero-order chi connectivity index (χ0) is 11.3. The first-order chi connectivity index (χ1) is 7.13. The van der Waals surface area contributed by atoms with Gasteiger partial charge in [0.1, 0.15) is 5.88 Å². The van der Waals surface area contributed by atoms with E-state index >= 15 is 0 Å². The van der Waals surface area contributed by atoms with E-state index in [1.54, 1.807) is 7.05 Å². The maximum atomic E-state index is 11.4. The number of hydrogen-bond acceptors (Lipinski definition) is 3. The second-order valence-electron chi connectivity index (χ2n) is 3.50. The van der Waals surface area contributed by atoms with Crippen molar-refractivity contribution in [1.82, 2.24) is 10.2 Å². The van der Waals surface area contributed by atoms with Crippen molar-refractivity contribution in [3.05, 3.63) is 0 Å². The van der Waals surface area contributed by atoms with Crippen LogP contribution in [0.1, 0.15) is 12.8 Å². The third-order valence-corrected chi connectivity index (χ3v) is 2.46. The number of rotatable bonds is 3. The Morgan fingerprint density at radius 3 is 2.87 bits per heavy atom. The fraction of sp³-hybridized carbons (Fsp3) is 0.778. The van der Waals surface area contributed by atoms with Crippen LogP contribution in [0.4, 0.5) is 4.79 Å². The lowest BCUT2D eigenvalue weighted by Gasteiger charge is -2.20. The number of hydrogen-bond donors (Lipinski definition) is 1. The molecule has 0 aromatic rings. The number of nitrogens with one attached hydrogen (secondary N) is 1. The largest absolute Gasteiger partial charge is 0.376 e. The SMILES string of the molecule is CN(CC1CCCO1)C(=O)NC(=O)CCl. The topological polar surface area (TPSA) is 58.6 Å². The molecule has 86 valence electrons. The Kier molecular flexibility index (Phi) is 4.84. The molecule has 1 fully saturated rings. The number of imide groups is 1. The van der Waals surface area contributed by atoms with Crippen LogP contribution in [-0.4, -0.2) is 49.0 Å². The summed E-state index contributed by atoms with van der Waals surface area (Å²) < 4.78 is 5.37. The molecule has 5 nitrogen and oxygen atoms in total. The fourth-order valence-electron chi connectivity index (χ4n) is 1.42. The molecule has 3 amide bonds. The number of amides is 3. The molecular weight excluding hydrogens is 220 g/mol. The fourth-order valence-corrected chi connectivity index (χ4v) is 1.49. The highest BCUT2D eigenvalue weighted by atomic mass is 35.5. The van der Waals surface area contributed by atoms with Crippen LogP contribution in [0, 0.1) is 0 Å². The lowest BCUT2D eigenvalue weighted by molar-refractivity contribution is -0.117. The average Bonchev–Trinajstić information content (AvgIpc) is 2.70. The summed E-state index contributed by atoms with van der Waals surface area (Å²) in [5, 5.41) is 2.16. The molecule has 0 aromatic carbocycles. The van der Waals surface area contributed by atoms with E-state index in [9.17, 15) is 9.59 Å². The number of urea groups is 1. The molecule has 0 radical (unpaired) electrons. The van der Waals surface area contributed by atoms with Crippen LogP contribution in [0.3, 0.4) is 0 Å². The molecule has 0 bridgehead atoms. The summed E-state index contributed by atoms with van der Waals surface area (Å²) in [5.74, 6) is -0.694. The molecule has 1 atom stereocenters. The molecule has 1 aliphatic rings. The van der Waals surface area contributed by atoms with Gasteiger partial charge in [-0.25, -0.2) is 4.79 Å². The van der Waals surface area contributed by atoms with E-state index in [4.69, 9.17) is 16.3 Å². The normalized spacial score (nSPS) is 20.0. The number of ether oxygens (including phenoxy) is 1. The third-order valence-electron chi connectivity index (χ3n) is 2.22. The first kappa shape index (κ1) is 12.3. The van der Waals surface area contributed by atoms with Crippen LogP contribution < -0.4 is 5.32 Å². The Hall–Kier alpha value is -0.810. The number of halogens is 1. The van der Waals surface area contributed by atoms with Crippen molar-refractivity contribution in [2.24, 2.45) is 0 Å². The molecule has 0 aliphatic carbocycles. The molecule has 1 saturated heterocycles. The van der Waals surface area contributed by atoms with Crippen LogP contribution in [0.15, 0.2) is 0 Å². The van der Waals surface area contributed by atoms with E-state index in [2.05, 4.69) is 5.32 Å². The monoisotopic (exact) mass is 234 g/mol. The third kappa shape index (κ3) is 4.05. The Balaban J connectivity index is 2.28. The molecular formula is C9H15ClN2O3. The van der Waals surface area contributed by atoms with Crippen molar-refractivity contribution < 1.29 is 14.3 Å². The van der Waals surface area contributed by atoms with Crippen LogP contribution in [0.5, 0.6) is 0 Å². The van der Waals surface area contributed by atoms with Crippen LogP contribution in [0.25, 0.3) is 0 Å². The Morgan fingerprint density at radius 1 is 1.60 bits per heavy atom. The quantitative estimate of drug-likeness (QED) is 0.727. The minimum atomic E-state index is -0.485. The van der Waals surface area contributed by atoms with Gasteiger partial charge in [-0.05, 0) is 12.8 Å². The summed E-state index contributed by atoms with van der Waals surface area (Å²) in [7, 11) is 1.62. The van der Waals surface area contributed by atoms with Gasteiger partial charge in [0.05, 0.1) is 6.10 Å². The van der Waals surface area contributed by atoms with Gasteiger partial charge < -0.3 is 9.64 Å². The van der Waals surface area contributed by atoms with E-state index in [0.29, 0.717) is 6.54 Å². The summed E-state index contributed by atoms with van der Waals surface area (Å²) in [5.41, 5.74) is 0. The minimum Gasteiger partial charge on any atom is -0.376 e. The number of nitrogens with zero attached hydrogens (tertiary/aromatic N) is 1. The molecule has 1 aliphatic heterocycles. The maximum Gasteiger partial charge on any atom is 0.323 e. The summed E-state index contributed by atoms with van der Waals surface area (Å²) in [6.45, 7) is 1.25. The molecule has 1 rings (SSSR count). The van der Waals surface area contributed by atoms with Gasteiger partial charge in [0.2, 0.25) is 5.91 Å². The smallest absolute Gasteiger partial charge is 0.323 e. The predicted molar refractivity (Wildman–Crippen MR) is 55.9 cm³/mol. The van der Waals surface area contributed by atoms with E-state index < -0.39 is 11.9 Å². The number of carbonyl (C=O) groups excluding carboxylic acids is 2. The lowest BCUT2D eigenvalue weighted by atomic mass is 10.2. The zero-order valence-corrected chi connectivity index (χ0v) is 9.42. The van der Waals surface area contributed by atoms with Gasteiger partial charge in [0, 0.05) is 20.2 Å². The van der Waals surface area contributed by atoms with E-state index in [1.807, 2.05) is 0 Å². The van der Waals surface area contributed by atoms with E-state index in [1.165, 1.54) is 4.90 Å². The average molecular weight is 235 g/mol. The molecule has 1 heterocycles. The molecule has 0 saturated carbocycles. The zero-order valence-electron chi connectivity index (χ0n) is 8.66. The predicted octanol–water partition coefficient (Wildman–Crippen LogP) is 0.572. The van der Waals surface area contributed by atoms with Gasteiger partial charge in [-0.15, -0.1) is 11.6 Å². The lowest BCUT2D eigenvalue weighted by Crippen LogP contribution is -2.44. The number of likely N-dealkylation sites (N-methyl/N-ethyl adjacent to an activating group) is 1. The summed E-state index contributed by atoms with van der Waals surface area (Å²) in [4.78, 5) is 23.7. The molecule has 15 heavy (non-hydrogen) atoms. The van der Waals surface area contributed by atoms with Crippen molar-refractivity contribution in [3.8, 4) is 0 Å². The molecule has 1 N–H and O–H groups in total. The highest BCUT2D eigenvalue weighted by Gasteiger charge is 2.20. The second-order valence-corrected chi connectivity index (χ2v) is 3.77. The first-order valence-electron chi connectivity index (χ1n) is 4.86. The highest BCUT2D eigenvalue weighted by Crippen LogP contribution is 2.12. The highest BCUT2D eigenvalue weighted by molar-refractivity contribution is 6.28. The van der Waals surface area contributed by atoms with Crippen LogP contribution >= 0.6 is 11.6 Å². The van der Waals surface area contributed by atoms with Gasteiger partial charge in [-0.2, -0.15) is 0 Å². The van der Waals surface area contributed by atoms with E-state index in [-0.39, 0.29) is 12.0 Å².